The van der Waals surface area contributed by atoms with Crippen LogP contribution in [0.2, 0.25) is 0 Å². The van der Waals surface area contributed by atoms with Crippen molar-refractivity contribution in [3.63, 3.8) is 0 Å². The lowest BCUT2D eigenvalue weighted by molar-refractivity contribution is 0.00284. The third kappa shape index (κ3) is 2.87. The minimum absolute atomic E-state index is 0.100. The summed E-state index contributed by atoms with van der Waals surface area (Å²) in [6.07, 6.45) is 2.05. The van der Waals surface area contributed by atoms with Crippen LogP contribution in [0.5, 0.6) is 5.75 Å². The smallest absolute Gasteiger partial charge is 0.497 e. The van der Waals surface area contributed by atoms with Crippen LogP contribution < -0.4 is 4.74 Å². The number of methoxy groups -OCH3 is 1. The Morgan fingerprint density at radius 3 is 2.85 bits per heavy atom. The highest BCUT2D eigenvalue weighted by Crippen LogP contribution is 2.33. The number of nitrogens with one attached hydrogen (secondary N) is 1. The van der Waals surface area contributed by atoms with Crippen molar-refractivity contribution in [3.8, 4) is 17.0 Å². The van der Waals surface area contributed by atoms with Crippen molar-refractivity contribution in [1.29, 1.82) is 0 Å². The van der Waals surface area contributed by atoms with E-state index in [9.17, 15) is 9.59 Å². The van der Waals surface area contributed by atoms with Crippen molar-refractivity contribution in [1.82, 2.24) is 15.1 Å². The van der Waals surface area contributed by atoms with Gasteiger partial charge in [-0.25, -0.2) is 4.79 Å². The van der Waals surface area contributed by atoms with Crippen LogP contribution in [0.1, 0.15) is 23.2 Å². The first-order chi connectivity index (χ1) is 12.6. The van der Waals surface area contributed by atoms with Crippen LogP contribution in [0.4, 0.5) is 4.79 Å². The van der Waals surface area contributed by atoms with E-state index < -0.39 is 11.8 Å². The zero-order valence-electron chi connectivity index (χ0n) is 14.4. The van der Waals surface area contributed by atoms with Crippen LogP contribution in [0.15, 0.2) is 30.5 Å². The molecule has 1 N–H and O–H groups in total. The molecule has 1 spiro atoms. The number of hydrogen-bond acceptors (Lipinski definition) is 6. The van der Waals surface area contributed by atoms with E-state index in [1.54, 1.807) is 18.2 Å². The average molecular weight is 357 g/mol. The first-order valence-corrected chi connectivity index (χ1v) is 8.43. The Morgan fingerprint density at radius 2 is 2.15 bits per heavy atom. The number of nitrogens with zero attached hydrogens (tertiary/aromatic N) is 2. The predicted octanol–water partition coefficient (Wildman–Crippen LogP) is 2.23. The van der Waals surface area contributed by atoms with E-state index in [4.69, 9.17) is 14.2 Å². The van der Waals surface area contributed by atoms with Gasteiger partial charge in [-0.3, -0.25) is 9.89 Å². The molecule has 2 aliphatic rings. The fourth-order valence-electron chi connectivity index (χ4n) is 3.41. The molecule has 3 heterocycles. The van der Waals surface area contributed by atoms with Gasteiger partial charge in [0.05, 0.1) is 24.6 Å². The minimum atomic E-state index is -0.625. The van der Waals surface area contributed by atoms with Crippen molar-refractivity contribution >= 4 is 12.1 Å². The molecule has 2 aromatic rings. The fraction of sp³-hybridized carbons (Fsp3) is 0.389. The van der Waals surface area contributed by atoms with Gasteiger partial charge in [0, 0.05) is 31.5 Å². The Labute approximate surface area is 150 Å². The number of hydrogen-bond donors (Lipinski definition) is 1. The quantitative estimate of drug-likeness (QED) is 0.847. The molecule has 8 nitrogen and oxygen atoms in total. The standard InChI is InChI=1S/C18H19N3O5/c1-24-13-4-2-3-12(9-13)15-14(10-19-20-15)16(22)21-7-5-18(6-8-21)11-25-17(23)26-18/h2-4,9-10H,5-8,11H2,1H3,(H,19,20). The molecule has 0 atom stereocenters. The number of ether oxygens (including phenoxy) is 3. The molecule has 26 heavy (non-hydrogen) atoms. The lowest BCUT2D eigenvalue weighted by Crippen LogP contribution is -2.48. The molecule has 0 unspecified atom stereocenters. The summed E-state index contributed by atoms with van der Waals surface area (Å²) in [6.45, 7) is 1.26. The number of cyclic esters (lactones) is 1. The first-order valence-electron chi connectivity index (χ1n) is 8.43. The van der Waals surface area contributed by atoms with Crippen LogP contribution in [0.25, 0.3) is 11.3 Å². The van der Waals surface area contributed by atoms with Gasteiger partial charge in [-0.2, -0.15) is 5.10 Å². The Bertz CT molecular complexity index is 839. The van der Waals surface area contributed by atoms with E-state index >= 15 is 0 Å². The second-order valence-corrected chi connectivity index (χ2v) is 6.51. The third-order valence-electron chi connectivity index (χ3n) is 4.94. The van der Waals surface area contributed by atoms with E-state index in [2.05, 4.69) is 10.2 Å². The number of aromatic nitrogens is 2. The highest BCUT2D eigenvalue weighted by Gasteiger charge is 2.45. The van der Waals surface area contributed by atoms with Crippen molar-refractivity contribution < 1.29 is 23.8 Å². The Kier molecular flexibility index (Phi) is 4.02. The van der Waals surface area contributed by atoms with Gasteiger partial charge in [0.2, 0.25) is 0 Å². The molecule has 1 amide bonds. The summed E-state index contributed by atoms with van der Waals surface area (Å²) >= 11 is 0. The largest absolute Gasteiger partial charge is 0.509 e. The SMILES string of the molecule is COc1cccc(-c2[nH]ncc2C(=O)N2CCC3(CC2)COC(=O)O3)c1. The summed E-state index contributed by atoms with van der Waals surface area (Å²) in [5.74, 6) is 0.607. The number of carbonyl (C=O) groups is 2. The zero-order valence-corrected chi connectivity index (χ0v) is 14.4. The van der Waals surface area contributed by atoms with Crippen LogP contribution in [-0.2, 0) is 9.47 Å². The van der Waals surface area contributed by atoms with Crippen molar-refractivity contribution in [2.45, 2.75) is 18.4 Å². The van der Waals surface area contributed by atoms with Gasteiger partial charge >= 0.3 is 6.16 Å². The Balaban J connectivity index is 1.51. The summed E-state index contributed by atoms with van der Waals surface area (Å²) in [6, 6.07) is 7.46. The molecule has 1 aromatic heterocycles. The maximum Gasteiger partial charge on any atom is 0.509 e. The van der Waals surface area contributed by atoms with Crippen LogP contribution in [0.3, 0.4) is 0 Å². The first kappa shape index (κ1) is 16.4. The van der Waals surface area contributed by atoms with Gasteiger partial charge in [0.1, 0.15) is 12.4 Å². The van der Waals surface area contributed by atoms with E-state index in [0.717, 1.165) is 5.56 Å². The fourth-order valence-corrected chi connectivity index (χ4v) is 3.41. The molecule has 8 heteroatoms. The Hall–Kier alpha value is -3.03. The normalized spacial score (nSPS) is 18.5. The van der Waals surface area contributed by atoms with Crippen LogP contribution in [-0.4, -0.2) is 59.6 Å². The predicted molar refractivity (Wildman–Crippen MR) is 90.9 cm³/mol. The topological polar surface area (TPSA) is 93.8 Å². The van der Waals surface area contributed by atoms with Crippen LogP contribution >= 0.6 is 0 Å². The molecule has 0 bridgehead atoms. The molecule has 136 valence electrons. The second kappa shape index (κ2) is 6.36. The van der Waals surface area contributed by atoms with Gasteiger partial charge in [-0.05, 0) is 12.1 Å². The Morgan fingerprint density at radius 1 is 1.35 bits per heavy atom. The molecule has 0 aliphatic carbocycles. The maximum absolute atomic E-state index is 13.0. The van der Waals surface area contributed by atoms with Crippen molar-refractivity contribution in [2.24, 2.45) is 0 Å². The zero-order chi connectivity index (χ0) is 18.1. The number of amides is 1. The van der Waals surface area contributed by atoms with Gasteiger partial charge in [0.15, 0.2) is 5.60 Å². The maximum atomic E-state index is 13.0. The second-order valence-electron chi connectivity index (χ2n) is 6.51. The van der Waals surface area contributed by atoms with Gasteiger partial charge in [-0.15, -0.1) is 0 Å². The monoisotopic (exact) mass is 357 g/mol. The molecule has 4 rings (SSSR count). The van der Waals surface area contributed by atoms with E-state index in [0.29, 0.717) is 42.9 Å². The molecule has 2 fully saturated rings. The minimum Gasteiger partial charge on any atom is -0.497 e. The molecule has 0 radical (unpaired) electrons. The van der Waals surface area contributed by atoms with Crippen molar-refractivity contribution in [2.75, 3.05) is 26.8 Å². The van der Waals surface area contributed by atoms with Crippen LogP contribution in [0, 0.1) is 0 Å². The summed E-state index contributed by atoms with van der Waals surface area (Å²) in [4.78, 5) is 26.0. The number of rotatable bonds is 3. The molecule has 0 saturated carbocycles. The summed E-state index contributed by atoms with van der Waals surface area (Å²) in [5.41, 5.74) is 1.41. The number of carbonyl (C=O) groups excluding carboxylic acids is 2. The van der Waals surface area contributed by atoms with E-state index in [-0.39, 0.29) is 12.5 Å². The summed E-state index contributed by atoms with van der Waals surface area (Å²) in [7, 11) is 1.60. The molecule has 1 aromatic carbocycles. The van der Waals surface area contributed by atoms with Gasteiger partial charge < -0.3 is 19.1 Å². The van der Waals surface area contributed by atoms with Crippen molar-refractivity contribution in [3.05, 3.63) is 36.0 Å². The molecular weight excluding hydrogens is 338 g/mol. The average Bonchev–Trinajstić information content (AvgIpc) is 3.29. The summed E-state index contributed by atoms with van der Waals surface area (Å²) < 4.78 is 15.5. The number of aromatic amines is 1. The number of likely N-dealkylation sites (tertiary alicyclic amines) is 1. The number of piperidine rings is 1. The highest BCUT2D eigenvalue weighted by atomic mass is 16.8. The number of H-pyrrole nitrogens is 1. The highest BCUT2D eigenvalue weighted by molar-refractivity contribution is 5.99. The van der Waals surface area contributed by atoms with Gasteiger partial charge in [0.25, 0.3) is 5.91 Å². The summed E-state index contributed by atoms with van der Waals surface area (Å²) in [5, 5.41) is 6.95. The molecular formula is C18H19N3O5. The molecule has 2 saturated heterocycles. The molecule has 2 aliphatic heterocycles. The lowest BCUT2D eigenvalue weighted by Gasteiger charge is -2.36. The third-order valence-corrected chi connectivity index (χ3v) is 4.94. The van der Waals surface area contributed by atoms with E-state index in [1.165, 1.54) is 0 Å². The lowest BCUT2D eigenvalue weighted by atomic mass is 9.92. The van der Waals surface area contributed by atoms with Gasteiger partial charge in [-0.1, -0.05) is 12.1 Å². The number of benzene rings is 1. The van der Waals surface area contributed by atoms with E-state index in [1.807, 2.05) is 24.3 Å².